The minimum atomic E-state index is -1.18. The van der Waals surface area contributed by atoms with Gasteiger partial charge < -0.3 is 20.6 Å². The monoisotopic (exact) mass is 593 g/mol. The van der Waals surface area contributed by atoms with E-state index in [-0.39, 0.29) is 37.4 Å². The van der Waals surface area contributed by atoms with E-state index in [2.05, 4.69) is 0 Å². The Labute approximate surface area is 254 Å². The van der Waals surface area contributed by atoms with Gasteiger partial charge in [0.2, 0.25) is 0 Å². The van der Waals surface area contributed by atoms with Crippen molar-refractivity contribution in [3.8, 4) is 0 Å². The highest BCUT2D eigenvalue weighted by atomic mass is 19.1. The maximum absolute atomic E-state index is 14.1. The minimum Gasteiger partial charge on any atom is -0.390 e. The lowest BCUT2D eigenvalue weighted by atomic mass is 10.00. The normalized spacial score (nSPS) is 13.3. The van der Waals surface area contributed by atoms with Crippen molar-refractivity contribution >= 4 is 11.8 Å². The standard InChI is InChI=1S/C35H45F2N3O3/c1-6-12-40(24(5)7-2)35(43)29-14-23(4)13-28(19-29)34(42)39(21-26-11-9-10-25(8-3)15-26)22-33(41)32(38)18-27-16-30(36)20-31(37)17-27/h9-11,13-17,19-20,24,32-33,41H,6-8,12,18,21-22,38H2,1-5H3/t24?,32-,33+/m0/s1. The lowest BCUT2D eigenvalue weighted by Crippen LogP contribution is -2.46. The van der Waals surface area contributed by atoms with Gasteiger partial charge in [0.25, 0.3) is 11.8 Å². The van der Waals surface area contributed by atoms with Gasteiger partial charge in [-0.05, 0) is 92.1 Å². The lowest BCUT2D eigenvalue weighted by Gasteiger charge is -2.30. The predicted molar refractivity (Wildman–Crippen MR) is 167 cm³/mol. The summed E-state index contributed by atoms with van der Waals surface area (Å²) in [5.74, 6) is -1.92. The molecule has 1 unspecified atom stereocenters. The van der Waals surface area contributed by atoms with Gasteiger partial charge in [0.15, 0.2) is 0 Å². The molecule has 8 heteroatoms. The van der Waals surface area contributed by atoms with E-state index in [4.69, 9.17) is 5.73 Å². The highest BCUT2D eigenvalue weighted by Crippen LogP contribution is 2.20. The Bertz CT molecular complexity index is 1380. The van der Waals surface area contributed by atoms with Crippen molar-refractivity contribution in [1.82, 2.24) is 9.80 Å². The largest absolute Gasteiger partial charge is 0.390 e. The Morgan fingerprint density at radius 1 is 0.884 bits per heavy atom. The first-order valence-electron chi connectivity index (χ1n) is 15.1. The van der Waals surface area contributed by atoms with Crippen molar-refractivity contribution in [2.45, 2.75) is 85.0 Å². The minimum absolute atomic E-state index is 0.0230. The van der Waals surface area contributed by atoms with Crippen LogP contribution < -0.4 is 5.73 Å². The Hall–Kier alpha value is -3.62. The first-order chi connectivity index (χ1) is 20.4. The summed E-state index contributed by atoms with van der Waals surface area (Å²) in [6.07, 6.45) is 1.30. The van der Waals surface area contributed by atoms with Crippen LogP contribution in [0.15, 0.2) is 60.7 Å². The summed E-state index contributed by atoms with van der Waals surface area (Å²) < 4.78 is 27.5. The maximum Gasteiger partial charge on any atom is 0.254 e. The second-order valence-electron chi connectivity index (χ2n) is 11.4. The van der Waals surface area contributed by atoms with E-state index in [1.54, 1.807) is 18.2 Å². The van der Waals surface area contributed by atoms with Crippen molar-refractivity contribution in [3.05, 3.63) is 106 Å². The van der Waals surface area contributed by atoms with Crippen molar-refractivity contribution < 1.29 is 23.5 Å². The van der Waals surface area contributed by atoms with Gasteiger partial charge in [0.1, 0.15) is 11.6 Å². The molecule has 0 heterocycles. The fourth-order valence-corrected chi connectivity index (χ4v) is 5.25. The number of aryl methyl sites for hydroxylation is 2. The summed E-state index contributed by atoms with van der Waals surface area (Å²) >= 11 is 0. The van der Waals surface area contributed by atoms with Crippen LogP contribution >= 0.6 is 0 Å². The van der Waals surface area contributed by atoms with Crippen LogP contribution in [0.4, 0.5) is 8.78 Å². The zero-order valence-corrected chi connectivity index (χ0v) is 25.9. The Balaban J connectivity index is 1.93. The molecular weight excluding hydrogens is 548 g/mol. The van der Waals surface area contributed by atoms with E-state index in [9.17, 15) is 23.5 Å². The molecule has 0 aliphatic heterocycles. The van der Waals surface area contributed by atoms with Crippen LogP contribution in [0.1, 0.15) is 83.5 Å². The molecule has 0 saturated carbocycles. The molecule has 0 bridgehead atoms. The second kappa shape index (κ2) is 15.7. The molecule has 0 aliphatic rings. The average Bonchev–Trinajstić information content (AvgIpc) is 2.97. The van der Waals surface area contributed by atoms with Crippen LogP contribution in [-0.2, 0) is 19.4 Å². The molecule has 0 aliphatic carbocycles. The van der Waals surface area contributed by atoms with Gasteiger partial charge in [-0.2, -0.15) is 0 Å². The van der Waals surface area contributed by atoms with Gasteiger partial charge >= 0.3 is 0 Å². The second-order valence-corrected chi connectivity index (χ2v) is 11.4. The van der Waals surface area contributed by atoms with Gasteiger partial charge in [-0.15, -0.1) is 0 Å². The number of aliphatic hydroxyl groups excluding tert-OH is 1. The zero-order chi connectivity index (χ0) is 31.7. The topological polar surface area (TPSA) is 86.9 Å². The van der Waals surface area contributed by atoms with Crippen LogP contribution in [0.2, 0.25) is 0 Å². The molecule has 0 fully saturated rings. The number of benzene rings is 3. The van der Waals surface area contributed by atoms with E-state index in [0.717, 1.165) is 42.0 Å². The zero-order valence-electron chi connectivity index (χ0n) is 25.9. The predicted octanol–water partition coefficient (Wildman–Crippen LogP) is 6.06. The van der Waals surface area contributed by atoms with Crippen LogP contribution in [0.3, 0.4) is 0 Å². The number of aliphatic hydroxyl groups is 1. The van der Waals surface area contributed by atoms with E-state index in [0.29, 0.717) is 23.2 Å². The molecular formula is C35H45F2N3O3. The average molecular weight is 594 g/mol. The van der Waals surface area contributed by atoms with Crippen LogP contribution in [0.25, 0.3) is 0 Å². The van der Waals surface area contributed by atoms with Crippen molar-refractivity contribution in [2.75, 3.05) is 13.1 Å². The van der Waals surface area contributed by atoms with Crippen molar-refractivity contribution in [3.63, 3.8) is 0 Å². The van der Waals surface area contributed by atoms with Crippen LogP contribution in [0, 0.1) is 18.6 Å². The molecule has 3 rings (SSSR count). The number of halogens is 2. The van der Waals surface area contributed by atoms with Gasteiger partial charge in [-0.3, -0.25) is 9.59 Å². The first-order valence-corrected chi connectivity index (χ1v) is 15.1. The van der Waals surface area contributed by atoms with E-state index >= 15 is 0 Å². The number of carbonyl (C=O) groups excluding carboxylic acids is 2. The van der Waals surface area contributed by atoms with Crippen molar-refractivity contribution in [1.29, 1.82) is 0 Å². The summed E-state index contributed by atoms with van der Waals surface area (Å²) in [7, 11) is 0. The number of nitrogens with two attached hydrogens (primary N) is 1. The third-order valence-corrected chi connectivity index (χ3v) is 7.78. The third kappa shape index (κ3) is 9.43. The van der Waals surface area contributed by atoms with E-state index in [1.165, 1.54) is 17.0 Å². The summed E-state index contributed by atoms with van der Waals surface area (Å²) in [4.78, 5) is 31.0. The quantitative estimate of drug-likeness (QED) is 0.238. The molecule has 3 atom stereocenters. The smallest absolute Gasteiger partial charge is 0.254 e. The van der Waals surface area contributed by atoms with Gasteiger partial charge in [0.05, 0.1) is 6.10 Å². The molecule has 3 N–H and O–H groups in total. The number of rotatable bonds is 14. The number of amides is 2. The van der Waals surface area contributed by atoms with Gasteiger partial charge in [0, 0.05) is 48.9 Å². The van der Waals surface area contributed by atoms with Gasteiger partial charge in [-0.1, -0.05) is 45.0 Å². The number of carbonyl (C=O) groups is 2. The Kier molecular flexibility index (Phi) is 12.4. The molecule has 0 spiro atoms. The van der Waals surface area contributed by atoms with E-state index < -0.39 is 23.8 Å². The van der Waals surface area contributed by atoms with Crippen LogP contribution in [0.5, 0.6) is 0 Å². The van der Waals surface area contributed by atoms with Gasteiger partial charge in [-0.25, -0.2) is 8.78 Å². The van der Waals surface area contributed by atoms with E-state index in [1.807, 2.05) is 63.8 Å². The Morgan fingerprint density at radius 2 is 1.51 bits per heavy atom. The first kappa shape index (κ1) is 33.9. The molecule has 232 valence electrons. The summed E-state index contributed by atoms with van der Waals surface area (Å²) in [6, 6.07) is 15.3. The number of hydrogen-bond donors (Lipinski definition) is 2. The lowest BCUT2D eigenvalue weighted by molar-refractivity contribution is 0.0554. The molecule has 3 aromatic carbocycles. The summed E-state index contributed by atoms with van der Waals surface area (Å²) in [5.41, 5.74) is 10.1. The maximum atomic E-state index is 14.1. The summed E-state index contributed by atoms with van der Waals surface area (Å²) in [6.45, 7) is 10.7. The molecule has 6 nitrogen and oxygen atoms in total. The molecule has 43 heavy (non-hydrogen) atoms. The molecule has 0 radical (unpaired) electrons. The molecule has 2 amide bonds. The van der Waals surface area contributed by atoms with Crippen molar-refractivity contribution in [2.24, 2.45) is 5.73 Å². The molecule has 0 saturated heterocycles. The Morgan fingerprint density at radius 3 is 2.12 bits per heavy atom. The molecule has 0 aromatic heterocycles. The number of hydrogen-bond acceptors (Lipinski definition) is 4. The molecule has 3 aromatic rings. The SMILES string of the molecule is CCCN(C(=O)c1cc(C)cc(C(=O)N(Cc2cccc(CC)c2)C[C@@H](O)[C@@H](N)Cc2cc(F)cc(F)c2)c1)C(C)CC. The highest BCUT2D eigenvalue weighted by molar-refractivity contribution is 6.00. The number of nitrogens with zero attached hydrogens (tertiary/aromatic N) is 2. The summed E-state index contributed by atoms with van der Waals surface area (Å²) in [5, 5.41) is 11.1. The third-order valence-electron chi connectivity index (χ3n) is 7.78. The fraction of sp³-hybridized carbons (Fsp3) is 0.429. The highest BCUT2D eigenvalue weighted by Gasteiger charge is 2.26. The fourth-order valence-electron chi connectivity index (χ4n) is 5.25. The van der Waals surface area contributed by atoms with Crippen LogP contribution in [-0.4, -0.2) is 58.0 Å².